The first-order valence-corrected chi connectivity index (χ1v) is 5.67. The lowest BCUT2D eigenvalue weighted by molar-refractivity contribution is 0.0584. The summed E-state index contributed by atoms with van der Waals surface area (Å²) in [5.41, 5.74) is 8.81. The fourth-order valence-corrected chi connectivity index (χ4v) is 2.14. The third-order valence-electron chi connectivity index (χ3n) is 3.24. The number of rotatable bonds is 2. The molecule has 1 unspecified atom stereocenters. The summed E-state index contributed by atoms with van der Waals surface area (Å²) >= 11 is 0. The average Bonchev–Trinajstić information content (AvgIpc) is 2.30. The fourth-order valence-electron chi connectivity index (χ4n) is 2.14. The second kappa shape index (κ2) is 4.77. The van der Waals surface area contributed by atoms with Gasteiger partial charge in [-0.3, -0.25) is 0 Å². The van der Waals surface area contributed by atoms with Crippen molar-refractivity contribution < 1.29 is 4.74 Å². The van der Waals surface area contributed by atoms with E-state index in [9.17, 15) is 0 Å². The molecule has 0 aromatic heterocycles. The molecule has 2 rings (SSSR count). The molecule has 0 radical (unpaired) electrons. The highest BCUT2D eigenvalue weighted by Crippen LogP contribution is 2.27. The molecule has 2 nitrogen and oxygen atoms in total. The van der Waals surface area contributed by atoms with Gasteiger partial charge in [0.05, 0.1) is 0 Å². The van der Waals surface area contributed by atoms with Crippen molar-refractivity contribution in [1.29, 1.82) is 0 Å². The summed E-state index contributed by atoms with van der Waals surface area (Å²) < 4.78 is 5.35. The molecule has 82 valence electrons. The molecule has 1 saturated heterocycles. The van der Waals surface area contributed by atoms with E-state index in [-0.39, 0.29) is 6.04 Å². The number of nitrogens with two attached hydrogens (primary N) is 1. The van der Waals surface area contributed by atoms with Crippen LogP contribution in [0.4, 0.5) is 0 Å². The van der Waals surface area contributed by atoms with Gasteiger partial charge in [0.2, 0.25) is 0 Å². The summed E-state index contributed by atoms with van der Waals surface area (Å²) in [7, 11) is 0. The Morgan fingerprint density at radius 2 is 1.80 bits per heavy atom. The normalized spacial score (nSPS) is 20.1. The van der Waals surface area contributed by atoms with E-state index < -0.39 is 0 Å². The fraction of sp³-hybridized carbons (Fsp3) is 0.538. The van der Waals surface area contributed by atoms with Crippen LogP contribution >= 0.6 is 0 Å². The van der Waals surface area contributed by atoms with Crippen molar-refractivity contribution in [2.24, 2.45) is 11.7 Å². The summed E-state index contributed by atoms with van der Waals surface area (Å²) in [5.74, 6) is 0.585. The number of aryl methyl sites for hydroxylation is 1. The molecule has 1 aromatic carbocycles. The lowest BCUT2D eigenvalue weighted by Gasteiger charge is -2.27. The second-order valence-electron chi connectivity index (χ2n) is 4.39. The molecule has 1 aromatic rings. The SMILES string of the molecule is Cc1ccc(C(N)C2CCOCC2)cc1. The van der Waals surface area contributed by atoms with Crippen LogP contribution in [0, 0.1) is 12.8 Å². The summed E-state index contributed by atoms with van der Waals surface area (Å²) in [5, 5.41) is 0. The Bertz CT molecular complexity index is 301. The zero-order valence-corrected chi connectivity index (χ0v) is 9.28. The molecule has 1 atom stereocenters. The van der Waals surface area contributed by atoms with Gasteiger partial charge in [0.25, 0.3) is 0 Å². The predicted molar refractivity (Wildman–Crippen MR) is 61.7 cm³/mol. The van der Waals surface area contributed by atoms with Crippen LogP contribution in [0.1, 0.15) is 30.0 Å². The van der Waals surface area contributed by atoms with E-state index in [4.69, 9.17) is 10.5 Å². The molecule has 0 spiro atoms. The first-order valence-electron chi connectivity index (χ1n) is 5.67. The van der Waals surface area contributed by atoms with Gasteiger partial charge >= 0.3 is 0 Å². The molecule has 0 bridgehead atoms. The van der Waals surface area contributed by atoms with Gasteiger partial charge in [-0.05, 0) is 31.2 Å². The minimum atomic E-state index is 0.175. The highest BCUT2D eigenvalue weighted by atomic mass is 16.5. The molecule has 0 amide bonds. The van der Waals surface area contributed by atoms with Crippen molar-refractivity contribution in [2.45, 2.75) is 25.8 Å². The quantitative estimate of drug-likeness (QED) is 0.804. The highest BCUT2D eigenvalue weighted by molar-refractivity contribution is 5.24. The van der Waals surface area contributed by atoms with Crippen LogP contribution in [0.5, 0.6) is 0 Å². The smallest absolute Gasteiger partial charge is 0.0469 e. The van der Waals surface area contributed by atoms with Crippen molar-refractivity contribution >= 4 is 0 Å². The minimum absolute atomic E-state index is 0.175. The Balaban J connectivity index is 2.05. The molecule has 0 aliphatic carbocycles. The van der Waals surface area contributed by atoms with Gasteiger partial charge in [-0.2, -0.15) is 0 Å². The second-order valence-corrected chi connectivity index (χ2v) is 4.39. The van der Waals surface area contributed by atoms with Crippen molar-refractivity contribution in [3.63, 3.8) is 0 Å². The van der Waals surface area contributed by atoms with Crippen LogP contribution in [-0.2, 0) is 4.74 Å². The van der Waals surface area contributed by atoms with Gasteiger partial charge in [0.15, 0.2) is 0 Å². The molecule has 1 aliphatic rings. The van der Waals surface area contributed by atoms with Crippen molar-refractivity contribution in [3.05, 3.63) is 35.4 Å². The molecule has 2 N–H and O–H groups in total. The van der Waals surface area contributed by atoms with Crippen molar-refractivity contribution in [1.82, 2.24) is 0 Å². The van der Waals surface area contributed by atoms with E-state index in [1.54, 1.807) is 0 Å². The maximum absolute atomic E-state index is 6.26. The van der Waals surface area contributed by atoms with Gasteiger partial charge in [-0.1, -0.05) is 29.8 Å². The minimum Gasteiger partial charge on any atom is -0.381 e. The predicted octanol–water partition coefficient (Wildman–Crippen LogP) is 2.42. The number of hydrogen-bond acceptors (Lipinski definition) is 2. The van der Waals surface area contributed by atoms with E-state index in [1.165, 1.54) is 11.1 Å². The van der Waals surface area contributed by atoms with Crippen LogP contribution in [-0.4, -0.2) is 13.2 Å². The first kappa shape index (κ1) is 10.7. The number of hydrogen-bond donors (Lipinski definition) is 1. The van der Waals surface area contributed by atoms with E-state index in [1.807, 2.05) is 0 Å². The summed E-state index contributed by atoms with van der Waals surface area (Å²) in [4.78, 5) is 0. The molecule has 2 heteroatoms. The maximum atomic E-state index is 6.26. The zero-order chi connectivity index (χ0) is 10.7. The highest BCUT2D eigenvalue weighted by Gasteiger charge is 2.21. The van der Waals surface area contributed by atoms with Crippen molar-refractivity contribution in [2.75, 3.05) is 13.2 Å². The molecule has 1 heterocycles. The Labute approximate surface area is 91.4 Å². The third-order valence-corrected chi connectivity index (χ3v) is 3.24. The van der Waals surface area contributed by atoms with Gasteiger partial charge in [0.1, 0.15) is 0 Å². The van der Waals surface area contributed by atoms with Crippen LogP contribution < -0.4 is 5.73 Å². The lowest BCUT2D eigenvalue weighted by Crippen LogP contribution is -2.27. The van der Waals surface area contributed by atoms with Crippen LogP contribution in [0.15, 0.2) is 24.3 Å². The zero-order valence-electron chi connectivity index (χ0n) is 9.28. The van der Waals surface area contributed by atoms with Crippen molar-refractivity contribution in [3.8, 4) is 0 Å². The van der Waals surface area contributed by atoms with Gasteiger partial charge in [0, 0.05) is 19.3 Å². The Morgan fingerprint density at radius 1 is 1.20 bits per heavy atom. The average molecular weight is 205 g/mol. The topological polar surface area (TPSA) is 35.2 Å². The maximum Gasteiger partial charge on any atom is 0.0469 e. The Kier molecular flexibility index (Phi) is 3.39. The van der Waals surface area contributed by atoms with E-state index in [0.29, 0.717) is 5.92 Å². The standard InChI is InChI=1S/C13H19NO/c1-10-2-4-11(5-3-10)13(14)12-6-8-15-9-7-12/h2-5,12-13H,6-9,14H2,1H3. The van der Waals surface area contributed by atoms with Crippen LogP contribution in [0.25, 0.3) is 0 Å². The van der Waals surface area contributed by atoms with Gasteiger partial charge in [-0.25, -0.2) is 0 Å². The summed E-state index contributed by atoms with van der Waals surface area (Å²) in [6, 6.07) is 8.74. The molecule has 0 saturated carbocycles. The molecule has 1 fully saturated rings. The summed E-state index contributed by atoms with van der Waals surface area (Å²) in [6.45, 7) is 3.83. The van der Waals surface area contributed by atoms with Gasteiger partial charge < -0.3 is 10.5 Å². The first-order chi connectivity index (χ1) is 7.27. The molecular weight excluding hydrogens is 186 g/mol. The van der Waals surface area contributed by atoms with E-state index >= 15 is 0 Å². The molecule has 1 aliphatic heterocycles. The van der Waals surface area contributed by atoms with Crippen LogP contribution in [0.3, 0.4) is 0 Å². The third kappa shape index (κ3) is 2.58. The van der Waals surface area contributed by atoms with E-state index in [0.717, 1.165) is 26.1 Å². The molecular formula is C13H19NO. The largest absolute Gasteiger partial charge is 0.381 e. The Hall–Kier alpha value is -0.860. The molecule has 15 heavy (non-hydrogen) atoms. The Morgan fingerprint density at radius 3 is 2.40 bits per heavy atom. The number of ether oxygens (including phenoxy) is 1. The van der Waals surface area contributed by atoms with E-state index in [2.05, 4.69) is 31.2 Å². The monoisotopic (exact) mass is 205 g/mol. The van der Waals surface area contributed by atoms with Crippen LogP contribution in [0.2, 0.25) is 0 Å². The lowest BCUT2D eigenvalue weighted by atomic mass is 9.87. The summed E-state index contributed by atoms with van der Waals surface area (Å²) in [6.07, 6.45) is 2.18. The number of benzene rings is 1. The van der Waals surface area contributed by atoms with Gasteiger partial charge in [-0.15, -0.1) is 0 Å².